The lowest BCUT2D eigenvalue weighted by atomic mass is 10.3. The summed E-state index contributed by atoms with van der Waals surface area (Å²) in [6, 6.07) is 8.47. The molecule has 0 radical (unpaired) electrons. The molecule has 0 unspecified atom stereocenters. The molecule has 1 aromatic carbocycles. The van der Waals surface area contributed by atoms with E-state index in [0.717, 1.165) is 4.88 Å². The van der Waals surface area contributed by atoms with Crippen molar-refractivity contribution in [3.63, 3.8) is 0 Å². The van der Waals surface area contributed by atoms with Crippen molar-refractivity contribution in [1.82, 2.24) is 4.31 Å². The standard InChI is InChI=1S/C15H19NO4S2/c1-4-16(11-12-6-5-9-21-12)22(17,18)13-7-8-14(19-2)15(10-13)20-3/h5-10H,4,11H2,1-3H3. The Kier molecular flexibility index (Phi) is 5.44. The summed E-state index contributed by atoms with van der Waals surface area (Å²) in [5.41, 5.74) is 0. The van der Waals surface area contributed by atoms with Crippen LogP contribution in [0.15, 0.2) is 40.6 Å². The van der Waals surface area contributed by atoms with E-state index in [2.05, 4.69) is 0 Å². The molecule has 1 aromatic heterocycles. The monoisotopic (exact) mass is 341 g/mol. The molecule has 0 atom stereocenters. The molecule has 2 aromatic rings. The van der Waals surface area contributed by atoms with E-state index in [9.17, 15) is 8.42 Å². The Morgan fingerprint density at radius 1 is 1.14 bits per heavy atom. The van der Waals surface area contributed by atoms with Crippen LogP contribution in [0.2, 0.25) is 0 Å². The molecular weight excluding hydrogens is 322 g/mol. The minimum atomic E-state index is -3.58. The molecule has 22 heavy (non-hydrogen) atoms. The average Bonchev–Trinajstić information content (AvgIpc) is 3.04. The van der Waals surface area contributed by atoms with Crippen LogP contribution in [-0.4, -0.2) is 33.5 Å². The summed E-state index contributed by atoms with van der Waals surface area (Å²) in [5, 5.41) is 1.94. The number of thiophene rings is 1. The lowest BCUT2D eigenvalue weighted by Gasteiger charge is -2.20. The smallest absolute Gasteiger partial charge is 0.243 e. The van der Waals surface area contributed by atoms with Crippen molar-refractivity contribution in [1.29, 1.82) is 0 Å². The molecular formula is C15H19NO4S2. The predicted octanol–water partition coefficient (Wildman–Crippen LogP) is 2.98. The Morgan fingerprint density at radius 3 is 2.41 bits per heavy atom. The van der Waals surface area contributed by atoms with Crippen molar-refractivity contribution in [3.05, 3.63) is 40.6 Å². The summed E-state index contributed by atoms with van der Waals surface area (Å²) in [4.78, 5) is 1.20. The Hall–Kier alpha value is -1.57. The molecule has 0 aliphatic rings. The summed E-state index contributed by atoms with van der Waals surface area (Å²) in [6.07, 6.45) is 0. The molecule has 0 N–H and O–H groups in total. The van der Waals surface area contributed by atoms with Crippen molar-refractivity contribution in [3.8, 4) is 11.5 Å². The van der Waals surface area contributed by atoms with Crippen LogP contribution in [0.1, 0.15) is 11.8 Å². The third-order valence-electron chi connectivity index (χ3n) is 3.26. The fourth-order valence-electron chi connectivity index (χ4n) is 2.07. The Labute approximate surface area is 135 Å². The first-order valence-corrected chi connectivity index (χ1v) is 9.09. The van der Waals surface area contributed by atoms with Crippen molar-refractivity contribution in [2.24, 2.45) is 0 Å². The van der Waals surface area contributed by atoms with Gasteiger partial charge in [-0.2, -0.15) is 4.31 Å². The Balaban J connectivity index is 2.35. The van der Waals surface area contributed by atoms with Gasteiger partial charge in [0.15, 0.2) is 11.5 Å². The maximum absolute atomic E-state index is 12.8. The fourth-order valence-corrected chi connectivity index (χ4v) is 4.31. The minimum absolute atomic E-state index is 0.198. The van der Waals surface area contributed by atoms with E-state index in [1.54, 1.807) is 17.4 Å². The van der Waals surface area contributed by atoms with Crippen LogP contribution < -0.4 is 9.47 Å². The van der Waals surface area contributed by atoms with E-state index < -0.39 is 10.0 Å². The summed E-state index contributed by atoms with van der Waals surface area (Å²) in [7, 11) is -0.582. The minimum Gasteiger partial charge on any atom is -0.493 e. The third kappa shape index (κ3) is 3.43. The molecule has 2 rings (SSSR count). The normalized spacial score (nSPS) is 11.6. The van der Waals surface area contributed by atoms with Crippen LogP contribution in [0.5, 0.6) is 11.5 Å². The van der Waals surface area contributed by atoms with Crippen molar-refractivity contribution < 1.29 is 17.9 Å². The van der Waals surface area contributed by atoms with Gasteiger partial charge in [0.05, 0.1) is 19.1 Å². The molecule has 1 heterocycles. The highest BCUT2D eigenvalue weighted by atomic mass is 32.2. The van der Waals surface area contributed by atoms with Gasteiger partial charge in [-0.3, -0.25) is 0 Å². The molecule has 0 aliphatic carbocycles. The molecule has 0 aliphatic heterocycles. The van der Waals surface area contributed by atoms with E-state index in [4.69, 9.17) is 9.47 Å². The first kappa shape index (κ1) is 16.8. The van der Waals surface area contributed by atoms with Crippen LogP contribution in [0.4, 0.5) is 0 Å². The average molecular weight is 341 g/mol. The number of sulfonamides is 1. The lowest BCUT2D eigenvalue weighted by Crippen LogP contribution is -2.30. The summed E-state index contributed by atoms with van der Waals surface area (Å²) in [6.45, 7) is 2.59. The fraction of sp³-hybridized carbons (Fsp3) is 0.333. The van der Waals surface area contributed by atoms with Crippen LogP contribution in [0.25, 0.3) is 0 Å². The molecule has 0 saturated heterocycles. The molecule has 5 nitrogen and oxygen atoms in total. The van der Waals surface area contributed by atoms with E-state index in [0.29, 0.717) is 24.6 Å². The summed E-state index contributed by atoms with van der Waals surface area (Å²) in [5.74, 6) is 0.901. The lowest BCUT2D eigenvalue weighted by molar-refractivity contribution is 0.353. The second-order valence-electron chi connectivity index (χ2n) is 4.53. The number of methoxy groups -OCH3 is 2. The van der Waals surface area contributed by atoms with E-state index in [-0.39, 0.29) is 4.90 Å². The number of benzene rings is 1. The van der Waals surface area contributed by atoms with Gasteiger partial charge in [0, 0.05) is 24.0 Å². The Bertz CT molecular complexity index is 711. The summed E-state index contributed by atoms with van der Waals surface area (Å²) >= 11 is 1.54. The van der Waals surface area contributed by atoms with Gasteiger partial charge in [0.2, 0.25) is 10.0 Å². The molecule has 0 amide bonds. The maximum Gasteiger partial charge on any atom is 0.243 e. The number of hydrogen-bond donors (Lipinski definition) is 0. The SMILES string of the molecule is CCN(Cc1cccs1)S(=O)(=O)c1ccc(OC)c(OC)c1. The van der Waals surface area contributed by atoms with Crippen LogP contribution in [0.3, 0.4) is 0 Å². The van der Waals surface area contributed by atoms with E-state index >= 15 is 0 Å². The van der Waals surface area contributed by atoms with Crippen molar-refractivity contribution in [2.75, 3.05) is 20.8 Å². The van der Waals surface area contributed by atoms with Crippen LogP contribution >= 0.6 is 11.3 Å². The second kappa shape index (κ2) is 7.13. The molecule has 0 bridgehead atoms. The second-order valence-corrected chi connectivity index (χ2v) is 7.50. The number of rotatable bonds is 7. The highest BCUT2D eigenvalue weighted by Crippen LogP contribution is 2.31. The third-order valence-corrected chi connectivity index (χ3v) is 6.04. The number of nitrogens with zero attached hydrogens (tertiary/aromatic N) is 1. The number of ether oxygens (including phenoxy) is 2. The zero-order chi connectivity index (χ0) is 16.2. The Morgan fingerprint density at radius 2 is 1.86 bits per heavy atom. The van der Waals surface area contributed by atoms with Gasteiger partial charge in [-0.1, -0.05) is 13.0 Å². The van der Waals surface area contributed by atoms with Gasteiger partial charge in [-0.25, -0.2) is 8.42 Å². The van der Waals surface area contributed by atoms with Gasteiger partial charge >= 0.3 is 0 Å². The topological polar surface area (TPSA) is 55.8 Å². The van der Waals surface area contributed by atoms with Gasteiger partial charge in [0.25, 0.3) is 0 Å². The summed E-state index contributed by atoms with van der Waals surface area (Å²) < 4.78 is 37.4. The van der Waals surface area contributed by atoms with Crippen molar-refractivity contribution in [2.45, 2.75) is 18.4 Å². The van der Waals surface area contributed by atoms with Gasteiger partial charge in [-0.05, 0) is 23.6 Å². The molecule has 7 heteroatoms. The largest absolute Gasteiger partial charge is 0.493 e. The molecule has 0 saturated carbocycles. The van der Waals surface area contributed by atoms with E-state index in [1.165, 1.54) is 30.7 Å². The molecule has 0 spiro atoms. The quantitative estimate of drug-likeness (QED) is 0.777. The first-order chi connectivity index (χ1) is 10.5. The highest BCUT2D eigenvalue weighted by Gasteiger charge is 2.24. The van der Waals surface area contributed by atoms with Gasteiger partial charge < -0.3 is 9.47 Å². The zero-order valence-electron chi connectivity index (χ0n) is 12.8. The molecule has 120 valence electrons. The first-order valence-electron chi connectivity index (χ1n) is 6.77. The number of hydrogen-bond acceptors (Lipinski definition) is 5. The molecule has 0 fully saturated rings. The highest BCUT2D eigenvalue weighted by molar-refractivity contribution is 7.89. The predicted molar refractivity (Wildman–Crippen MR) is 87.1 cm³/mol. The maximum atomic E-state index is 12.8. The van der Waals surface area contributed by atoms with Crippen LogP contribution in [0, 0.1) is 0 Å². The van der Waals surface area contributed by atoms with Gasteiger partial charge in [-0.15, -0.1) is 11.3 Å². The van der Waals surface area contributed by atoms with E-state index in [1.807, 2.05) is 24.4 Å². The van der Waals surface area contributed by atoms with Gasteiger partial charge in [0.1, 0.15) is 0 Å². The zero-order valence-corrected chi connectivity index (χ0v) is 14.4. The van der Waals surface area contributed by atoms with Crippen LogP contribution in [-0.2, 0) is 16.6 Å². The van der Waals surface area contributed by atoms with Crippen molar-refractivity contribution >= 4 is 21.4 Å².